The van der Waals surface area contributed by atoms with Gasteiger partial charge in [-0.2, -0.15) is 4.20 Å². The summed E-state index contributed by atoms with van der Waals surface area (Å²) < 4.78 is 28.6. The standard InChI is InChI=1S/C9H18FO2P/c1-7-5-4-6-9(8(7)2)12-13(3,10)11/h7-9H,4-6H2,1-3H3. The molecule has 4 atom stereocenters. The molecule has 4 heteroatoms. The summed E-state index contributed by atoms with van der Waals surface area (Å²) in [6, 6.07) is 0. The molecule has 0 radical (unpaired) electrons. The highest BCUT2D eigenvalue weighted by Gasteiger charge is 2.31. The van der Waals surface area contributed by atoms with E-state index in [2.05, 4.69) is 6.92 Å². The maximum atomic E-state index is 12.8. The normalized spacial score (nSPS) is 39.8. The van der Waals surface area contributed by atoms with Crippen molar-refractivity contribution in [2.24, 2.45) is 11.8 Å². The molecular formula is C9H18FO2P. The monoisotopic (exact) mass is 208 g/mol. The van der Waals surface area contributed by atoms with Crippen LogP contribution in [0.25, 0.3) is 0 Å². The quantitative estimate of drug-likeness (QED) is 0.648. The molecule has 0 aromatic carbocycles. The molecule has 2 nitrogen and oxygen atoms in total. The summed E-state index contributed by atoms with van der Waals surface area (Å²) in [4.78, 5) is 0. The van der Waals surface area contributed by atoms with Crippen LogP contribution in [0.5, 0.6) is 0 Å². The van der Waals surface area contributed by atoms with Crippen LogP contribution in [0.1, 0.15) is 33.1 Å². The topological polar surface area (TPSA) is 26.3 Å². The lowest BCUT2D eigenvalue weighted by Crippen LogP contribution is -2.30. The van der Waals surface area contributed by atoms with Crippen LogP contribution in [0.4, 0.5) is 4.20 Å². The van der Waals surface area contributed by atoms with E-state index in [-0.39, 0.29) is 6.10 Å². The lowest BCUT2D eigenvalue weighted by molar-refractivity contribution is 0.0661. The lowest BCUT2D eigenvalue weighted by atomic mass is 9.80. The zero-order valence-corrected chi connectivity index (χ0v) is 9.39. The fourth-order valence-corrected chi connectivity index (χ4v) is 2.70. The van der Waals surface area contributed by atoms with Gasteiger partial charge in [-0.25, -0.2) is 0 Å². The second kappa shape index (κ2) is 4.10. The van der Waals surface area contributed by atoms with Gasteiger partial charge in [-0.15, -0.1) is 0 Å². The maximum absolute atomic E-state index is 12.8. The Balaban J connectivity index is 2.54. The summed E-state index contributed by atoms with van der Waals surface area (Å²) >= 11 is 0. The lowest BCUT2D eigenvalue weighted by Gasteiger charge is -2.33. The SMILES string of the molecule is CC1CCCC(OP(C)(=O)F)C1C. The Morgan fingerprint density at radius 1 is 1.38 bits per heavy atom. The number of hydrogen-bond donors (Lipinski definition) is 0. The fourth-order valence-electron chi connectivity index (χ4n) is 1.92. The van der Waals surface area contributed by atoms with E-state index in [0.717, 1.165) is 19.5 Å². The second-order valence-electron chi connectivity index (χ2n) is 4.16. The molecule has 1 fully saturated rings. The molecule has 0 bridgehead atoms. The molecule has 78 valence electrons. The Morgan fingerprint density at radius 3 is 2.54 bits per heavy atom. The van der Waals surface area contributed by atoms with E-state index in [1.807, 2.05) is 6.92 Å². The molecule has 0 heterocycles. The van der Waals surface area contributed by atoms with Crippen LogP contribution in [-0.4, -0.2) is 12.8 Å². The highest BCUT2D eigenvalue weighted by atomic mass is 31.2. The van der Waals surface area contributed by atoms with Crippen molar-refractivity contribution in [2.45, 2.75) is 39.2 Å². The van der Waals surface area contributed by atoms with Crippen molar-refractivity contribution >= 4 is 7.68 Å². The Hall–Kier alpha value is 0.120. The number of rotatable bonds is 2. The van der Waals surface area contributed by atoms with E-state index in [1.165, 1.54) is 6.42 Å². The highest BCUT2D eigenvalue weighted by Crippen LogP contribution is 2.49. The predicted octanol–water partition coefficient (Wildman–Crippen LogP) is 3.62. The molecule has 0 saturated heterocycles. The largest absolute Gasteiger partial charge is 0.364 e. The van der Waals surface area contributed by atoms with Crippen molar-refractivity contribution < 1.29 is 13.3 Å². The molecule has 1 saturated carbocycles. The fraction of sp³-hybridized carbons (Fsp3) is 1.00. The van der Waals surface area contributed by atoms with E-state index >= 15 is 0 Å². The van der Waals surface area contributed by atoms with Crippen LogP contribution in [0, 0.1) is 11.8 Å². The van der Waals surface area contributed by atoms with Crippen molar-refractivity contribution in [3.05, 3.63) is 0 Å². The van der Waals surface area contributed by atoms with Crippen LogP contribution in [0.15, 0.2) is 0 Å². The van der Waals surface area contributed by atoms with Crippen molar-refractivity contribution in [3.63, 3.8) is 0 Å². The van der Waals surface area contributed by atoms with Gasteiger partial charge in [-0.3, -0.25) is 4.57 Å². The first-order valence-corrected chi connectivity index (χ1v) is 6.82. The van der Waals surface area contributed by atoms with Crippen LogP contribution < -0.4 is 0 Å². The van der Waals surface area contributed by atoms with Gasteiger partial charge < -0.3 is 4.52 Å². The summed E-state index contributed by atoms with van der Waals surface area (Å²) in [5.41, 5.74) is 0. The predicted molar refractivity (Wildman–Crippen MR) is 51.7 cm³/mol. The van der Waals surface area contributed by atoms with Gasteiger partial charge in [0.2, 0.25) is 0 Å². The first-order chi connectivity index (χ1) is 5.90. The van der Waals surface area contributed by atoms with Crippen LogP contribution in [-0.2, 0) is 9.09 Å². The zero-order chi connectivity index (χ0) is 10.1. The molecule has 1 aliphatic rings. The van der Waals surface area contributed by atoms with Crippen LogP contribution in [0.3, 0.4) is 0 Å². The van der Waals surface area contributed by atoms with E-state index in [0.29, 0.717) is 11.8 Å². The summed E-state index contributed by atoms with van der Waals surface area (Å²) in [7, 11) is -3.80. The van der Waals surface area contributed by atoms with Crippen molar-refractivity contribution in [2.75, 3.05) is 6.66 Å². The summed E-state index contributed by atoms with van der Waals surface area (Å²) in [6.45, 7) is 5.22. The van der Waals surface area contributed by atoms with Crippen molar-refractivity contribution in [3.8, 4) is 0 Å². The Bertz CT molecular complexity index is 214. The van der Waals surface area contributed by atoms with Gasteiger partial charge in [0.25, 0.3) is 0 Å². The molecule has 0 aromatic heterocycles. The minimum Gasteiger partial charge on any atom is -0.302 e. The molecule has 0 N–H and O–H groups in total. The molecule has 0 amide bonds. The third kappa shape index (κ3) is 3.40. The zero-order valence-electron chi connectivity index (χ0n) is 8.50. The van der Waals surface area contributed by atoms with E-state index in [1.54, 1.807) is 0 Å². The molecule has 0 spiro atoms. The van der Waals surface area contributed by atoms with E-state index in [4.69, 9.17) is 4.52 Å². The molecular weight excluding hydrogens is 190 g/mol. The van der Waals surface area contributed by atoms with Gasteiger partial charge in [0.1, 0.15) is 0 Å². The Kier molecular flexibility index (Phi) is 3.53. The molecule has 1 rings (SSSR count). The minimum atomic E-state index is -3.80. The number of hydrogen-bond acceptors (Lipinski definition) is 2. The summed E-state index contributed by atoms with van der Waals surface area (Å²) in [6.07, 6.45) is 2.91. The van der Waals surface area contributed by atoms with Gasteiger partial charge in [0.15, 0.2) is 0 Å². The third-order valence-corrected chi connectivity index (χ3v) is 3.60. The first-order valence-electron chi connectivity index (χ1n) is 4.85. The summed E-state index contributed by atoms with van der Waals surface area (Å²) in [5.74, 6) is 0.864. The maximum Gasteiger partial charge on any atom is 0.364 e. The molecule has 0 aliphatic heterocycles. The van der Waals surface area contributed by atoms with Gasteiger partial charge in [0.05, 0.1) is 6.10 Å². The van der Waals surface area contributed by atoms with Crippen LogP contribution in [0.2, 0.25) is 0 Å². The minimum absolute atomic E-state index is 0.149. The Labute approximate surface area is 79.4 Å². The Morgan fingerprint density at radius 2 is 2.00 bits per heavy atom. The van der Waals surface area contributed by atoms with Gasteiger partial charge >= 0.3 is 7.68 Å². The van der Waals surface area contributed by atoms with E-state index in [9.17, 15) is 8.76 Å². The summed E-state index contributed by atoms with van der Waals surface area (Å²) in [5, 5.41) is 0. The van der Waals surface area contributed by atoms with Crippen LogP contribution >= 0.6 is 7.68 Å². The van der Waals surface area contributed by atoms with Gasteiger partial charge in [-0.05, 0) is 18.3 Å². The molecule has 1 aliphatic carbocycles. The van der Waals surface area contributed by atoms with Crippen molar-refractivity contribution in [1.29, 1.82) is 0 Å². The average Bonchev–Trinajstić information content (AvgIpc) is 1.96. The average molecular weight is 208 g/mol. The second-order valence-corrected chi connectivity index (χ2v) is 5.86. The molecule has 4 unspecified atom stereocenters. The molecule has 0 aromatic rings. The van der Waals surface area contributed by atoms with Gasteiger partial charge in [0, 0.05) is 6.66 Å². The van der Waals surface area contributed by atoms with Crippen molar-refractivity contribution in [1.82, 2.24) is 0 Å². The van der Waals surface area contributed by atoms with E-state index < -0.39 is 7.68 Å². The van der Waals surface area contributed by atoms with Gasteiger partial charge in [-0.1, -0.05) is 26.7 Å². The third-order valence-electron chi connectivity index (χ3n) is 2.96. The molecule has 13 heavy (non-hydrogen) atoms. The smallest absolute Gasteiger partial charge is 0.302 e. The number of halogens is 1. The highest BCUT2D eigenvalue weighted by molar-refractivity contribution is 7.52. The first kappa shape index (κ1) is 11.2.